The van der Waals surface area contributed by atoms with E-state index in [9.17, 15) is 13.2 Å². The van der Waals surface area contributed by atoms with E-state index in [2.05, 4.69) is 0 Å². The second-order valence-corrected chi connectivity index (χ2v) is 3.59. The summed E-state index contributed by atoms with van der Waals surface area (Å²) in [5.41, 5.74) is -0.438. The summed E-state index contributed by atoms with van der Waals surface area (Å²) in [7, 11) is 0. The number of hydrogen-bond acceptors (Lipinski definition) is 1. The van der Waals surface area contributed by atoms with Gasteiger partial charge in [0.1, 0.15) is 0 Å². The van der Waals surface area contributed by atoms with E-state index in [1.54, 1.807) is 13.0 Å². The van der Waals surface area contributed by atoms with Crippen molar-refractivity contribution in [1.29, 1.82) is 5.26 Å². The number of benzene rings is 1. The van der Waals surface area contributed by atoms with E-state index < -0.39 is 11.7 Å². The monoisotopic (exact) mass is 227 g/mol. The molecule has 4 heteroatoms. The summed E-state index contributed by atoms with van der Waals surface area (Å²) in [6, 6.07) is 7.42. The van der Waals surface area contributed by atoms with Crippen LogP contribution >= 0.6 is 0 Å². The molecule has 0 aromatic heterocycles. The zero-order valence-electron chi connectivity index (χ0n) is 8.88. The quantitative estimate of drug-likeness (QED) is 0.770. The molecule has 86 valence electrons. The van der Waals surface area contributed by atoms with E-state index >= 15 is 0 Å². The minimum atomic E-state index is -4.34. The van der Waals surface area contributed by atoms with E-state index in [-0.39, 0.29) is 17.9 Å². The summed E-state index contributed by atoms with van der Waals surface area (Å²) in [4.78, 5) is 0. The lowest BCUT2D eigenvalue weighted by Crippen LogP contribution is -2.11. The number of halogens is 3. The van der Waals surface area contributed by atoms with Gasteiger partial charge in [0.15, 0.2) is 0 Å². The molecular formula is C12H12F3N. The Balaban J connectivity index is 3.01. The van der Waals surface area contributed by atoms with Gasteiger partial charge in [-0.15, -0.1) is 0 Å². The summed E-state index contributed by atoms with van der Waals surface area (Å²) in [6.45, 7) is 1.80. The fraction of sp³-hybridized carbons (Fsp3) is 0.417. The first kappa shape index (κ1) is 12.6. The minimum absolute atomic E-state index is 0.155. The lowest BCUT2D eigenvalue weighted by molar-refractivity contribution is -0.138. The molecule has 1 nitrogen and oxygen atoms in total. The molecule has 1 rings (SSSR count). The highest BCUT2D eigenvalue weighted by Gasteiger charge is 2.33. The van der Waals surface area contributed by atoms with Crippen molar-refractivity contribution >= 4 is 0 Å². The Bertz CT molecular complexity index is 390. The Morgan fingerprint density at radius 1 is 1.31 bits per heavy atom. The van der Waals surface area contributed by atoms with Gasteiger partial charge in [0.2, 0.25) is 0 Å². The number of alkyl halides is 3. The van der Waals surface area contributed by atoms with Gasteiger partial charge in [0, 0.05) is 0 Å². The van der Waals surface area contributed by atoms with Gasteiger partial charge in [0.25, 0.3) is 0 Å². The Labute approximate surface area is 92.5 Å². The third-order valence-electron chi connectivity index (χ3n) is 2.46. The standard InChI is InChI=1S/C12H12F3N/c1-2-9(8-16)7-10-5-3-4-6-11(10)12(13,14)15/h3-6,9H,2,7H2,1H3. The predicted molar refractivity (Wildman–Crippen MR) is 54.5 cm³/mol. The minimum Gasteiger partial charge on any atom is -0.198 e. The normalized spacial score (nSPS) is 13.2. The van der Waals surface area contributed by atoms with Crippen LogP contribution < -0.4 is 0 Å². The smallest absolute Gasteiger partial charge is 0.198 e. The molecule has 1 aromatic carbocycles. The van der Waals surface area contributed by atoms with Crippen LogP contribution in [-0.4, -0.2) is 0 Å². The van der Waals surface area contributed by atoms with E-state index in [1.807, 2.05) is 6.07 Å². The van der Waals surface area contributed by atoms with Crippen LogP contribution in [0.25, 0.3) is 0 Å². The van der Waals surface area contributed by atoms with Crippen molar-refractivity contribution in [2.75, 3.05) is 0 Å². The van der Waals surface area contributed by atoms with Crippen LogP contribution in [0.1, 0.15) is 24.5 Å². The largest absolute Gasteiger partial charge is 0.416 e. The first-order chi connectivity index (χ1) is 7.49. The second-order valence-electron chi connectivity index (χ2n) is 3.59. The molecule has 0 aliphatic carbocycles. The molecule has 1 unspecified atom stereocenters. The molecule has 0 spiro atoms. The third kappa shape index (κ3) is 2.99. The lowest BCUT2D eigenvalue weighted by atomic mass is 9.94. The molecule has 0 aliphatic rings. The Kier molecular flexibility index (Phi) is 3.94. The van der Waals surface area contributed by atoms with Gasteiger partial charge in [0.05, 0.1) is 17.6 Å². The highest BCUT2D eigenvalue weighted by atomic mass is 19.4. The van der Waals surface area contributed by atoms with Crippen molar-refractivity contribution in [2.24, 2.45) is 5.92 Å². The van der Waals surface area contributed by atoms with Crippen molar-refractivity contribution in [3.05, 3.63) is 35.4 Å². The molecule has 0 saturated heterocycles. The maximum atomic E-state index is 12.6. The van der Waals surface area contributed by atoms with Crippen molar-refractivity contribution in [3.8, 4) is 6.07 Å². The van der Waals surface area contributed by atoms with Gasteiger partial charge in [-0.25, -0.2) is 0 Å². The van der Waals surface area contributed by atoms with Gasteiger partial charge < -0.3 is 0 Å². The van der Waals surface area contributed by atoms with Crippen molar-refractivity contribution < 1.29 is 13.2 Å². The third-order valence-corrected chi connectivity index (χ3v) is 2.46. The molecule has 0 amide bonds. The van der Waals surface area contributed by atoms with E-state index in [0.29, 0.717) is 6.42 Å². The van der Waals surface area contributed by atoms with Gasteiger partial charge >= 0.3 is 6.18 Å². The van der Waals surface area contributed by atoms with Crippen molar-refractivity contribution in [1.82, 2.24) is 0 Å². The summed E-state index contributed by atoms with van der Waals surface area (Å²) in [6.07, 6.45) is -3.63. The fourth-order valence-electron chi connectivity index (χ4n) is 1.52. The molecule has 0 radical (unpaired) electrons. The first-order valence-electron chi connectivity index (χ1n) is 5.03. The number of nitrogens with zero attached hydrogens (tertiary/aromatic N) is 1. The second kappa shape index (κ2) is 5.02. The maximum absolute atomic E-state index is 12.6. The molecule has 0 fully saturated rings. The van der Waals surface area contributed by atoms with Crippen LogP contribution in [-0.2, 0) is 12.6 Å². The fourth-order valence-corrected chi connectivity index (χ4v) is 1.52. The average molecular weight is 227 g/mol. The maximum Gasteiger partial charge on any atom is 0.416 e. The highest BCUT2D eigenvalue weighted by molar-refractivity contribution is 5.30. The average Bonchev–Trinajstić information content (AvgIpc) is 2.25. The predicted octanol–water partition coefficient (Wildman–Crippen LogP) is 3.80. The van der Waals surface area contributed by atoms with E-state index in [4.69, 9.17) is 5.26 Å². The van der Waals surface area contributed by atoms with E-state index in [1.165, 1.54) is 12.1 Å². The number of rotatable bonds is 3. The Hall–Kier alpha value is -1.50. The Morgan fingerprint density at radius 3 is 2.44 bits per heavy atom. The molecule has 0 aliphatic heterocycles. The zero-order valence-corrected chi connectivity index (χ0v) is 8.88. The molecular weight excluding hydrogens is 215 g/mol. The summed E-state index contributed by atoms with van der Waals surface area (Å²) in [5, 5.41) is 8.75. The highest BCUT2D eigenvalue weighted by Crippen LogP contribution is 2.32. The van der Waals surface area contributed by atoms with Crippen LogP contribution in [0.2, 0.25) is 0 Å². The van der Waals surface area contributed by atoms with Gasteiger partial charge in [-0.3, -0.25) is 0 Å². The molecule has 0 N–H and O–H groups in total. The van der Waals surface area contributed by atoms with Crippen LogP contribution in [0.3, 0.4) is 0 Å². The van der Waals surface area contributed by atoms with E-state index in [0.717, 1.165) is 6.07 Å². The van der Waals surface area contributed by atoms with Crippen LogP contribution in [0, 0.1) is 17.2 Å². The Morgan fingerprint density at radius 2 is 1.94 bits per heavy atom. The van der Waals surface area contributed by atoms with Crippen LogP contribution in [0.15, 0.2) is 24.3 Å². The molecule has 0 heterocycles. The number of nitriles is 1. The van der Waals surface area contributed by atoms with Gasteiger partial charge in [-0.1, -0.05) is 25.1 Å². The first-order valence-corrected chi connectivity index (χ1v) is 5.03. The zero-order chi connectivity index (χ0) is 12.2. The lowest BCUT2D eigenvalue weighted by Gasteiger charge is -2.14. The molecule has 16 heavy (non-hydrogen) atoms. The summed E-state index contributed by atoms with van der Waals surface area (Å²) in [5.74, 6) is -0.358. The molecule has 1 aromatic rings. The topological polar surface area (TPSA) is 23.8 Å². The van der Waals surface area contributed by atoms with Gasteiger partial charge in [-0.2, -0.15) is 18.4 Å². The summed E-state index contributed by atoms with van der Waals surface area (Å²) < 4.78 is 37.9. The molecule has 1 atom stereocenters. The SMILES string of the molecule is CCC(C#N)Cc1ccccc1C(F)(F)F. The molecule has 0 saturated carbocycles. The van der Waals surface area contributed by atoms with Crippen LogP contribution in [0.5, 0.6) is 0 Å². The molecule has 0 bridgehead atoms. The van der Waals surface area contributed by atoms with Crippen molar-refractivity contribution in [3.63, 3.8) is 0 Å². The van der Waals surface area contributed by atoms with Crippen molar-refractivity contribution in [2.45, 2.75) is 25.9 Å². The van der Waals surface area contributed by atoms with Gasteiger partial charge in [-0.05, 0) is 24.5 Å². The summed E-state index contributed by atoms with van der Waals surface area (Å²) >= 11 is 0. The number of hydrogen-bond donors (Lipinski definition) is 0. The van der Waals surface area contributed by atoms with Crippen LogP contribution in [0.4, 0.5) is 13.2 Å².